The van der Waals surface area contributed by atoms with Crippen LogP contribution in [-0.4, -0.2) is 61.4 Å². The molecule has 196 valence electrons. The van der Waals surface area contributed by atoms with Crippen molar-refractivity contribution in [3.8, 4) is 0 Å². The second-order valence-electron chi connectivity index (χ2n) is 9.71. The lowest BCUT2D eigenvalue weighted by atomic mass is 9.98. The van der Waals surface area contributed by atoms with Gasteiger partial charge in [-0.2, -0.15) is 5.10 Å². The molecule has 3 unspecified atom stereocenters. The number of nitrogens with zero attached hydrogens (tertiary/aromatic N) is 5. The molecule has 2 fully saturated rings. The summed E-state index contributed by atoms with van der Waals surface area (Å²) in [6, 6.07) is 6.66. The first kappa shape index (κ1) is 25.5. The van der Waals surface area contributed by atoms with Gasteiger partial charge in [0.1, 0.15) is 16.8 Å². The predicted molar refractivity (Wildman–Crippen MR) is 144 cm³/mol. The number of primary amides is 1. The van der Waals surface area contributed by atoms with Crippen LogP contribution in [0.25, 0.3) is 5.65 Å². The smallest absolute Gasteiger partial charge is 0.256 e. The molecule has 0 bridgehead atoms. The Morgan fingerprint density at radius 1 is 1.19 bits per heavy atom. The molecule has 1 aromatic carbocycles. The van der Waals surface area contributed by atoms with Crippen molar-refractivity contribution in [3.63, 3.8) is 0 Å². The molecule has 5 rings (SSSR count). The Morgan fingerprint density at radius 3 is 2.73 bits per heavy atom. The van der Waals surface area contributed by atoms with Gasteiger partial charge in [-0.3, -0.25) is 9.59 Å². The highest BCUT2D eigenvalue weighted by Gasteiger charge is 2.33. The van der Waals surface area contributed by atoms with E-state index in [9.17, 15) is 13.8 Å². The van der Waals surface area contributed by atoms with Crippen LogP contribution in [0.2, 0.25) is 5.02 Å². The van der Waals surface area contributed by atoms with E-state index in [2.05, 4.69) is 9.62 Å². The normalized spacial score (nSPS) is 20.8. The first-order valence-electron chi connectivity index (χ1n) is 12.3. The van der Waals surface area contributed by atoms with Crippen molar-refractivity contribution in [2.24, 2.45) is 11.7 Å². The first-order chi connectivity index (χ1) is 17.7. The third-order valence-corrected chi connectivity index (χ3v) is 7.83. The number of hydrogen-bond donors (Lipinski definition) is 2. The van der Waals surface area contributed by atoms with E-state index in [4.69, 9.17) is 27.4 Å². The maximum absolute atomic E-state index is 13.8. The van der Waals surface area contributed by atoms with Crippen LogP contribution in [-0.2, 0) is 15.8 Å². The summed E-state index contributed by atoms with van der Waals surface area (Å²) in [5.74, 6) is 0.187. The number of anilines is 2. The van der Waals surface area contributed by atoms with Gasteiger partial charge in [-0.15, -0.1) is 0 Å². The third-order valence-electron chi connectivity index (χ3n) is 7.08. The maximum atomic E-state index is 13.8. The van der Waals surface area contributed by atoms with Crippen LogP contribution in [0.4, 0.5) is 11.5 Å². The van der Waals surface area contributed by atoms with Crippen LogP contribution >= 0.6 is 11.6 Å². The largest absolute Gasteiger partial charge is 0.369 e. The second kappa shape index (κ2) is 10.3. The summed E-state index contributed by atoms with van der Waals surface area (Å²) in [5.41, 5.74) is 8.78. The highest BCUT2D eigenvalue weighted by atomic mass is 35.5. The van der Waals surface area contributed by atoms with E-state index in [1.165, 1.54) is 6.26 Å². The van der Waals surface area contributed by atoms with Gasteiger partial charge in [0.15, 0.2) is 5.65 Å². The molecule has 10 nitrogen and oxygen atoms in total. The van der Waals surface area contributed by atoms with Gasteiger partial charge < -0.3 is 20.3 Å². The van der Waals surface area contributed by atoms with Gasteiger partial charge in [-0.1, -0.05) is 11.6 Å². The summed E-state index contributed by atoms with van der Waals surface area (Å²) in [5, 5.41) is 5.24. The van der Waals surface area contributed by atoms with E-state index >= 15 is 0 Å². The minimum absolute atomic E-state index is 0.171. The Morgan fingerprint density at radius 2 is 2.00 bits per heavy atom. The zero-order valence-electron chi connectivity index (χ0n) is 20.8. The van der Waals surface area contributed by atoms with Gasteiger partial charge in [0.05, 0.1) is 28.9 Å². The number of aromatic nitrogens is 3. The topological polar surface area (TPSA) is 126 Å². The van der Waals surface area contributed by atoms with Crippen molar-refractivity contribution in [2.45, 2.75) is 38.6 Å². The first-order valence-corrected chi connectivity index (χ1v) is 14.3. The summed E-state index contributed by atoms with van der Waals surface area (Å²) in [6.07, 6.45) is 6.80. The van der Waals surface area contributed by atoms with E-state index in [1.807, 2.05) is 24.1 Å². The number of piperidine rings is 1. The molecule has 2 aromatic heterocycles. The fourth-order valence-electron chi connectivity index (χ4n) is 5.26. The van der Waals surface area contributed by atoms with Crippen molar-refractivity contribution in [1.82, 2.24) is 19.5 Å². The van der Waals surface area contributed by atoms with Crippen molar-refractivity contribution >= 4 is 51.6 Å². The average Bonchev–Trinajstić information content (AvgIpc) is 3.51. The monoisotopic (exact) mass is 543 g/mol. The molecule has 0 saturated carbocycles. The number of carbonyl (C=O) groups is 2. The lowest BCUT2D eigenvalue weighted by Crippen LogP contribution is -2.39. The lowest BCUT2D eigenvalue weighted by Gasteiger charge is -2.35. The summed E-state index contributed by atoms with van der Waals surface area (Å²) < 4.78 is 16.4. The highest BCUT2D eigenvalue weighted by molar-refractivity contribution is 7.85. The summed E-state index contributed by atoms with van der Waals surface area (Å²) >= 11 is 6.23. The molecular weight excluding hydrogens is 514 g/mol. The number of aryl methyl sites for hydroxylation is 1. The van der Waals surface area contributed by atoms with Crippen LogP contribution < -0.4 is 15.4 Å². The minimum atomic E-state index is -1.34. The van der Waals surface area contributed by atoms with Crippen molar-refractivity contribution in [2.75, 3.05) is 35.5 Å². The standard InChI is InChI=1S/C25H30ClN7O3S/c1-15-13-33-22(28-24(15)31-10-8-16(14-31)23(27)34)12-20(29-33)21-5-3-4-9-32(21)25(35)18-11-17(26)6-7-19(18)30-37(2)36/h6-7,11-13,16,21,30H,3-5,8-10,14H2,1-2H3,(H2,27,34). The molecule has 2 aliphatic heterocycles. The van der Waals surface area contributed by atoms with Crippen LogP contribution in [0.1, 0.15) is 53.3 Å². The van der Waals surface area contributed by atoms with E-state index in [0.717, 1.165) is 49.3 Å². The molecule has 37 heavy (non-hydrogen) atoms. The van der Waals surface area contributed by atoms with E-state index in [0.29, 0.717) is 35.0 Å². The van der Waals surface area contributed by atoms with Crippen LogP contribution in [0, 0.1) is 12.8 Å². The Bertz CT molecular complexity index is 1390. The molecule has 4 heterocycles. The molecule has 0 spiro atoms. The molecule has 3 aromatic rings. The van der Waals surface area contributed by atoms with Gasteiger partial charge in [0.2, 0.25) is 5.91 Å². The van der Waals surface area contributed by atoms with E-state index < -0.39 is 11.0 Å². The quantitative estimate of drug-likeness (QED) is 0.492. The number of benzene rings is 1. The second-order valence-corrected chi connectivity index (χ2v) is 11.3. The highest BCUT2D eigenvalue weighted by Crippen LogP contribution is 2.34. The maximum Gasteiger partial charge on any atom is 0.256 e. The van der Waals surface area contributed by atoms with Gasteiger partial charge >= 0.3 is 0 Å². The minimum Gasteiger partial charge on any atom is -0.369 e. The number of carbonyl (C=O) groups excluding carboxylic acids is 2. The van der Waals surface area contributed by atoms with Gasteiger partial charge in [0, 0.05) is 48.7 Å². The molecule has 0 aliphatic carbocycles. The predicted octanol–water partition coefficient (Wildman–Crippen LogP) is 3.08. The van der Waals surface area contributed by atoms with Gasteiger partial charge in [0.25, 0.3) is 5.91 Å². The number of likely N-dealkylation sites (tertiary alicyclic amines) is 1. The summed E-state index contributed by atoms with van der Waals surface area (Å²) in [6.45, 7) is 3.84. The van der Waals surface area contributed by atoms with Crippen LogP contribution in [0.3, 0.4) is 0 Å². The molecule has 3 atom stereocenters. The van der Waals surface area contributed by atoms with Crippen molar-refractivity contribution in [1.29, 1.82) is 0 Å². The number of halogens is 1. The number of hydrogen-bond acceptors (Lipinski definition) is 6. The van der Waals surface area contributed by atoms with Crippen LogP contribution in [0.5, 0.6) is 0 Å². The number of fused-ring (bicyclic) bond motifs is 1. The molecule has 12 heteroatoms. The SMILES string of the molecule is Cc1cn2nc(C3CCCCN3C(=O)c3cc(Cl)ccc3NS(C)=O)cc2nc1N1CCC(C(N)=O)C1. The molecule has 3 N–H and O–H groups in total. The number of rotatable bonds is 6. The lowest BCUT2D eigenvalue weighted by molar-refractivity contribution is -0.121. The Kier molecular flexibility index (Phi) is 7.09. The fourth-order valence-corrected chi connectivity index (χ4v) is 5.92. The van der Waals surface area contributed by atoms with Crippen LogP contribution in [0.15, 0.2) is 30.5 Å². The molecule has 2 amide bonds. The van der Waals surface area contributed by atoms with Crippen molar-refractivity contribution < 1.29 is 13.8 Å². The molecule has 2 saturated heterocycles. The van der Waals surface area contributed by atoms with Gasteiger partial charge in [-0.25, -0.2) is 13.7 Å². The summed E-state index contributed by atoms with van der Waals surface area (Å²) in [4.78, 5) is 34.2. The fraction of sp³-hybridized carbons (Fsp3) is 0.440. The summed E-state index contributed by atoms with van der Waals surface area (Å²) in [7, 11) is -1.34. The number of amides is 2. The number of nitrogens with one attached hydrogen (secondary N) is 1. The van der Waals surface area contributed by atoms with Gasteiger partial charge in [-0.05, 0) is 50.8 Å². The van der Waals surface area contributed by atoms with E-state index in [1.54, 1.807) is 22.7 Å². The molecular formula is C25H30ClN7O3S. The molecule has 0 radical (unpaired) electrons. The molecule has 2 aliphatic rings. The van der Waals surface area contributed by atoms with E-state index in [-0.39, 0.29) is 23.8 Å². The average molecular weight is 544 g/mol. The zero-order chi connectivity index (χ0) is 26.3. The zero-order valence-corrected chi connectivity index (χ0v) is 22.4. The Labute approximate surface area is 222 Å². The number of nitrogens with two attached hydrogens (primary N) is 1. The third kappa shape index (κ3) is 5.15. The van der Waals surface area contributed by atoms with Crippen molar-refractivity contribution in [3.05, 3.63) is 52.3 Å². The Balaban J connectivity index is 1.46. The Hall–Kier alpha value is -3.18.